The van der Waals surface area contributed by atoms with Crippen LogP contribution in [-0.2, 0) is 11.2 Å². The van der Waals surface area contributed by atoms with Gasteiger partial charge in [-0.05, 0) is 30.2 Å². The highest BCUT2D eigenvalue weighted by Gasteiger charge is 2.28. The lowest BCUT2D eigenvalue weighted by molar-refractivity contribution is -0.129. The van der Waals surface area contributed by atoms with Crippen molar-refractivity contribution in [2.24, 2.45) is 0 Å². The van der Waals surface area contributed by atoms with E-state index in [0.717, 1.165) is 30.0 Å². The highest BCUT2D eigenvalue weighted by Crippen LogP contribution is 2.27. The fourth-order valence-electron chi connectivity index (χ4n) is 3.40. The van der Waals surface area contributed by atoms with Gasteiger partial charge in [0, 0.05) is 37.6 Å². The van der Waals surface area contributed by atoms with E-state index in [4.69, 9.17) is 4.74 Å². The largest absolute Gasteiger partial charge is 0.497 e. The summed E-state index contributed by atoms with van der Waals surface area (Å²) in [6, 6.07) is 9.52. The van der Waals surface area contributed by atoms with Crippen molar-refractivity contribution in [1.82, 2.24) is 24.8 Å². The summed E-state index contributed by atoms with van der Waals surface area (Å²) in [4.78, 5) is 31.6. The van der Waals surface area contributed by atoms with Gasteiger partial charge >= 0.3 is 0 Å². The number of amides is 1. The normalized spacial score (nSPS) is 15.9. The summed E-state index contributed by atoms with van der Waals surface area (Å²) < 4.78 is 5.16. The fourth-order valence-corrected chi connectivity index (χ4v) is 3.40. The first-order valence-electron chi connectivity index (χ1n) is 9.48. The van der Waals surface area contributed by atoms with Gasteiger partial charge < -0.3 is 15.0 Å². The number of carbonyl (C=O) groups excluding carboxylic acids is 1. The Labute approximate surface area is 169 Å². The van der Waals surface area contributed by atoms with Gasteiger partial charge in [-0.3, -0.25) is 9.78 Å². The summed E-state index contributed by atoms with van der Waals surface area (Å²) in [5, 5.41) is 3.06. The van der Waals surface area contributed by atoms with Crippen LogP contribution in [0.3, 0.4) is 0 Å². The van der Waals surface area contributed by atoms with Gasteiger partial charge in [0.05, 0.1) is 25.4 Å². The molecule has 1 aliphatic rings. The average molecular weight is 390 g/mol. The van der Waals surface area contributed by atoms with Crippen LogP contribution in [0.25, 0.3) is 0 Å². The fraction of sp³-hybridized carbons (Fsp3) is 0.286. The molecule has 1 saturated heterocycles. The number of methoxy groups -OCH3 is 1. The molecule has 0 unspecified atom stereocenters. The molecule has 8 nitrogen and oxygen atoms in total. The predicted molar refractivity (Wildman–Crippen MR) is 108 cm³/mol. The number of nitrogens with one attached hydrogen (secondary N) is 1. The molecule has 1 fully saturated rings. The quantitative estimate of drug-likeness (QED) is 0.691. The maximum atomic E-state index is 12.7. The van der Waals surface area contributed by atoms with Crippen LogP contribution in [0, 0.1) is 0 Å². The van der Waals surface area contributed by atoms with Crippen LogP contribution < -0.4 is 10.1 Å². The van der Waals surface area contributed by atoms with Crippen LogP contribution in [0.15, 0.2) is 55.1 Å². The zero-order chi connectivity index (χ0) is 20.1. The molecule has 148 valence electrons. The summed E-state index contributed by atoms with van der Waals surface area (Å²) in [6.45, 7) is 1.40. The lowest BCUT2D eigenvalue weighted by Crippen LogP contribution is -2.30. The van der Waals surface area contributed by atoms with Crippen molar-refractivity contribution in [3.63, 3.8) is 0 Å². The summed E-state index contributed by atoms with van der Waals surface area (Å²) >= 11 is 0. The molecule has 1 aromatic carbocycles. The third kappa shape index (κ3) is 4.66. The third-order valence-corrected chi connectivity index (χ3v) is 4.95. The molecule has 0 radical (unpaired) electrons. The Morgan fingerprint density at radius 1 is 1.17 bits per heavy atom. The van der Waals surface area contributed by atoms with Crippen molar-refractivity contribution in [3.8, 4) is 5.75 Å². The van der Waals surface area contributed by atoms with Crippen molar-refractivity contribution in [1.29, 1.82) is 0 Å². The molecule has 1 aliphatic heterocycles. The second kappa shape index (κ2) is 8.64. The molecule has 1 atom stereocenters. The van der Waals surface area contributed by atoms with Crippen molar-refractivity contribution in [2.45, 2.75) is 18.8 Å². The second-order valence-electron chi connectivity index (χ2n) is 6.87. The number of hydrogen-bond donors (Lipinski definition) is 1. The van der Waals surface area contributed by atoms with Crippen LogP contribution >= 0.6 is 0 Å². The first-order valence-corrected chi connectivity index (χ1v) is 9.48. The Morgan fingerprint density at radius 2 is 2.03 bits per heavy atom. The minimum atomic E-state index is 0.129. The lowest BCUT2D eigenvalue weighted by Gasteiger charge is -2.17. The highest BCUT2D eigenvalue weighted by atomic mass is 16.5. The predicted octanol–water partition coefficient (Wildman–Crippen LogP) is 2.58. The van der Waals surface area contributed by atoms with Crippen molar-refractivity contribution in [3.05, 3.63) is 66.4 Å². The van der Waals surface area contributed by atoms with E-state index in [1.165, 1.54) is 0 Å². The van der Waals surface area contributed by atoms with Crippen molar-refractivity contribution in [2.75, 3.05) is 25.5 Å². The average Bonchev–Trinajstić information content (AvgIpc) is 3.26. The summed E-state index contributed by atoms with van der Waals surface area (Å²) in [5.41, 5.74) is 1.91. The first-order chi connectivity index (χ1) is 14.2. The molecule has 4 rings (SSSR count). The molecule has 1 amide bonds. The minimum absolute atomic E-state index is 0.129. The van der Waals surface area contributed by atoms with Crippen LogP contribution in [0.2, 0.25) is 0 Å². The monoisotopic (exact) mass is 390 g/mol. The van der Waals surface area contributed by atoms with Gasteiger partial charge in [-0.2, -0.15) is 0 Å². The van der Waals surface area contributed by atoms with E-state index in [9.17, 15) is 4.79 Å². The van der Waals surface area contributed by atoms with Gasteiger partial charge in [-0.1, -0.05) is 12.1 Å². The molecule has 0 aliphatic carbocycles. The maximum absolute atomic E-state index is 12.7. The number of anilines is 2. The van der Waals surface area contributed by atoms with E-state index in [2.05, 4.69) is 25.3 Å². The minimum Gasteiger partial charge on any atom is -0.497 e. The smallest absolute Gasteiger partial charge is 0.228 e. The molecule has 29 heavy (non-hydrogen) atoms. The third-order valence-electron chi connectivity index (χ3n) is 4.95. The van der Waals surface area contributed by atoms with E-state index in [0.29, 0.717) is 24.7 Å². The zero-order valence-electron chi connectivity index (χ0n) is 16.2. The van der Waals surface area contributed by atoms with Gasteiger partial charge in [0.25, 0.3) is 0 Å². The van der Waals surface area contributed by atoms with Crippen LogP contribution in [-0.4, -0.2) is 50.9 Å². The molecule has 0 bridgehead atoms. The summed E-state index contributed by atoms with van der Waals surface area (Å²) in [7, 11) is 1.63. The molecule has 8 heteroatoms. The molecule has 3 heterocycles. The van der Waals surface area contributed by atoms with Crippen LogP contribution in [0.4, 0.5) is 11.8 Å². The molecule has 0 spiro atoms. The van der Waals surface area contributed by atoms with Gasteiger partial charge in [0.1, 0.15) is 5.75 Å². The number of hydrogen-bond acceptors (Lipinski definition) is 7. The first kappa shape index (κ1) is 18.8. The number of likely N-dealkylation sites (tertiary alicyclic amines) is 1. The zero-order valence-corrected chi connectivity index (χ0v) is 16.2. The highest BCUT2D eigenvalue weighted by molar-refractivity contribution is 5.79. The number of rotatable bonds is 6. The van der Waals surface area contributed by atoms with E-state index in [-0.39, 0.29) is 11.8 Å². The maximum Gasteiger partial charge on any atom is 0.228 e. The molecular formula is C21H22N6O2. The van der Waals surface area contributed by atoms with Crippen molar-refractivity contribution < 1.29 is 9.53 Å². The van der Waals surface area contributed by atoms with E-state index >= 15 is 0 Å². The SMILES string of the molecule is COc1ccc(CC(=O)N2CC[C@@H](c3ccnc(Nc4cnccn4)n3)C2)cc1. The molecule has 1 N–H and O–H groups in total. The number of nitrogens with zero attached hydrogens (tertiary/aromatic N) is 5. The molecule has 0 saturated carbocycles. The Kier molecular flexibility index (Phi) is 5.60. The van der Waals surface area contributed by atoms with Crippen LogP contribution in [0.5, 0.6) is 5.75 Å². The van der Waals surface area contributed by atoms with Gasteiger partial charge in [-0.25, -0.2) is 15.0 Å². The Hall–Kier alpha value is -3.55. The number of ether oxygens (including phenoxy) is 1. The molecule has 3 aromatic rings. The second-order valence-corrected chi connectivity index (χ2v) is 6.87. The Bertz CT molecular complexity index is 964. The van der Waals surface area contributed by atoms with E-state index in [1.807, 2.05) is 35.2 Å². The Balaban J connectivity index is 1.37. The molecule has 2 aromatic heterocycles. The number of aromatic nitrogens is 4. The topological polar surface area (TPSA) is 93.1 Å². The van der Waals surface area contributed by atoms with Crippen molar-refractivity contribution >= 4 is 17.7 Å². The molecular weight excluding hydrogens is 368 g/mol. The van der Waals surface area contributed by atoms with Crippen LogP contribution in [0.1, 0.15) is 23.6 Å². The standard InChI is InChI=1S/C21H22N6O2/c1-29-17-4-2-15(3-5-17)12-20(28)27-11-7-16(14-27)18-6-8-24-21(25-18)26-19-13-22-9-10-23-19/h2-6,8-10,13,16H,7,11-12,14H2,1H3,(H,23,24,25,26)/t16-/m1/s1. The van der Waals surface area contributed by atoms with Gasteiger partial charge in [0.15, 0.2) is 5.82 Å². The summed E-state index contributed by atoms with van der Waals surface area (Å²) in [5.74, 6) is 2.18. The van der Waals surface area contributed by atoms with Gasteiger partial charge in [-0.15, -0.1) is 0 Å². The summed E-state index contributed by atoms with van der Waals surface area (Å²) in [6.07, 6.45) is 7.83. The lowest BCUT2D eigenvalue weighted by atomic mass is 10.1. The van der Waals surface area contributed by atoms with E-state index in [1.54, 1.807) is 31.9 Å². The van der Waals surface area contributed by atoms with E-state index < -0.39 is 0 Å². The Morgan fingerprint density at radius 3 is 2.79 bits per heavy atom. The number of carbonyl (C=O) groups is 1. The van der Waals surface area contributed by atoms with Gasteiger partial charge in [0.2, 0.25) is 11.9 Å². The number of benzene rings is 1.